The van der Waals surface area contributed by atoms with Crippen molar-refractivity contribution in [1.29, 1.82) is 0 Å². The van der Waals surface area contributed by atoms with Crippen LogP contribution in [-0.4, -0.2) is 63.3 Å². The zero-order chi connectivity index (χ0) is 14.0. The maximum atomic E-state index is 12.6. The zero-order valence-electron chi connectivity index (χ0n) is 11.3. The van der Waals surface area contributed by atoms with E-state index in [1.165, 1.54) is 4.90 Å². The molecule has 2 N–H and O–H groups in total. The molecule has 2 rings (SSSR count). The quantitative estimate of drug-likeness (QED) is 0.777. The first kappa shape index (κ1) is 14.1. The Morgan fingerprint density at radius 2 is 2.11 bits per heavy atom. The van der Waals surface area contributed by atoms with Gasteiger partial charge in [-0.2, -0.15) is 0 Å². The number of amides is 2. The second-order valence-electron chi connectivity index (χ2n) is 5.38. The van der Waals surface area contributed by atoms with Gasteiger partial charge in [0.05, 0.1) is 6.61 Å². The molecule has 108 valence electrons. The average molecular weight is 270 g/mol. The third-order valence-electron chi connectivity index (χ3n) is 4.28. The molecule has 1 saturated heterocycles. The summed E-state index contributed by atoms with van der Waals surface area (Å²) in [6, 6.07) is -0.0399. The first-order chi connectivity index (χ1) is 9.06. The number of carbonyl (C=O) groups excluding carboxylic acids is 1. The van der Waals surface area contributed by atoms with E-state index in [0.717, 1.165) is 19.3 Å². The molecule has 0 bridgehead atoms. The van der Waals surface area contributed by atoms with Crippen molar-refractivity contribution >= 4 is 12.0 Å². The second kappa shape index (κ2) is 5.36. The molecule has 1 unspecified atom stereocenters. The Balaban J connectivity index is 2.18. The number of carboxylic acids is 1. The SMILES string of the molecule is CCC1(C(=O)O)CCCN1C(=O)N(CCO)C1CC1. The highest BCUT2D eigenvalue weighted by atomic mass is 16.4. The third kappa shape index (κ3) is 2.41. The minimum absolute atomic E-state index is 0.0811. The topological polar surface area (TPSA) is 81.1 Å². The van der Waals surface area contributed by atoms with Crippen LogP contribution in [0.15, 0.2) is 0 Å². The van der Waals surface area contributed by atoms with Gasteiger partial charge in [-0.1, -0.05) is 6.92 Å². The lowest BCUT2D eigenvalue weighted by molar-refractivity contribution is -0.148. The van der Waals surface area contributed by atoms with E-state index < -0.39 is 11.5 Å². The number of aliphatic hydroxyl groups excluding tert-OH is 1. The minimum atomic E-state index is -1.06. The standard InChI is InChI=1S/C13H22N2O4/c1-2-13(11(17)18)6-3-7-15(13)12(19)14(8-9-16)10-4-5-10/h10,16H,2-9H2,1H3,(H,17,18). The van der Waals surface area contributed by atoms with Crippen molar-refractivity contribution in [2.24, 2.45) is 0 Å². The molecule has 6 nitrogen and oxygen atoms in total. The highest BCUT2D eigenvalue weighted by molar-refractivity contribution is 5.87. The fourth-order valence-corrected chi connectivity index (χ4v) is 2.98. The Morgan fingerprint density at radius 1 is 1.42 bits per heavy atom. The van der Waals surface area contributed by atoms with Crippen LogP contribution in [0.3, 0.4) is 0 Å². The summed E-state index contributed by atoms with van der Waals surface area (Å²) >= 11 is 0. The average Bonchev–Trinajstić information content (AvgIpc) is 3.12. The lowest BCUT2D eigenvalue weighted by atomic mass is 9.93. The van der Waals surface area contributed by atoms with Crippen molar-refractivity contribution in [1.82, 2.24) is 9.80 Å². The van der Waals surface area contributed by atoms with Gasteiger partial charge in [-0.05, 0) is 32.1 Å². The summed E-state index contributed by atoms with van der Waals surface area (Å²) in [6.07, 6.45) is 3.56. The number of aliphatic hydroxyl groups is 1. The number of hydrogen-bond donors (Lipinski definition) is 2. The van der Waals surface area contributed by atoms with Crippen LogP contribution in [0.25, 0.3) is 0 Å². The largest absolute Gasteiger partial charge is 0.479 e. The van der Waals surface area contributed by atoms with Crippen molar-refractivity contribution in [3.05, 3.63) is 0 Å². The van der Waals surface area contributed by atoms with Crippen LogP contribution in [0.1, 0.15) is 39.0 Å². The predicted molar refractivity (Wildman–Crippen MR) is 68.8 cm³/mol. The second-order valence-corrected chi connectivity index (χ2v) is 5.38. The van der Waals surface area contributed by atoms with E-state index in [4.69, 9.17) is 5.11 Å². The van der Waals surface area contributed by atoms with Gasteiger partial charge in [0.1, 0.15) is 5.54 Å². The highest BCUT2D eigenvalue weighted by Gasteiger charge is 2.50. The Labute approximate surface area is 113 Å². The number of urea groups is 1. The number of nitrogens with zero attached hydrogens (tertiary/aromatic N) is 2. The molecule has 0 aromatic heterocycles. The summed E-state index contributed by atoms with van der Waals surface area (Å²) in [6.45, 7) is 2.52. The molecule has 2 aliphatic rings. The fraction of sp³-hybridized carbons (Fsp3) is 0.846. The predicted octanol–water partition coefficient (Wildman–Crippen LogP) is 0.892. The van der Waals surface area contributed by atoms with E-state index in [1.807, 2.05) is 6.92 Å². The molecule has 6 heteroatoms. The molecular formula is C13H22N2O4. The molecule has 2 amide bonds. The summed E-state index contributed by atoms with van der Waals surface area (Å²) in [5, 5.41) is 18.6. The summed E-state index contributed by atoms with van der Waals surface area (Å²) in [7, 11) is 0. The zero-order valence-corrected chi connectivity index (χ0v) is 11.3. The fourth-order valence-electron chi connectivity index (χ4n) is 2.98. The third-order valence-corrected chi connectivity index (χ3v) is 4.28. The first-order valence-electron chi connectivity index (χ1n) is 6.99. The van der Waals surface area contributed by atoms with Gasteiger partial charge in [0.2, 0.25) is 0 Å². The molecule has 1 saturated carbocycles. The van der Waals surface area contributed by atoms with Crippen LogP contribution in [0.2, 0.25) is 0 Å². The number of rotatable bonds is 5. The van der Waals surface area contributed by atoms with Crippen molar-refractivity contribution in [2.75, 3.05) is 19.7 Å². The van der Waals surface area contributed by atoms with E-state index in [0.29, 0.717) is 25.9 Å². The van der Waals surface area contributed by atoms with Gasteiger partial charge in [-0.15, -0.1) is 0 Å². The number of aliphatic carboxylic acids is 1. The Morgan fingerprint density at radius 3 is 2.58 bits per heavy atom. The molecular weight excluding hydrogens is 248 g/mol. The minimum Gasteiger partial charge on any atom is -0.479 e. The lowest BCUT2D eigenvalue weighted by Crippen LogP contribution is -2.57. The first-order valence-corrected chi connectivity index (χ1v) is 6.99. The molecule has 1 heterocycles. The van der Waals surface area contributed by atoms with Crippen LogP contribution in [0, 0.1) is 0 Å². The van der Waals surface area contributed by atoms with E-state index in [-0.39, 0.29) is 18.7 Å². The number of carboxylic acid groups (broad SMARTS) is 1. The number of hydrogen-bond acceptors (Lipinski definition) is 3. The smallest absolute Gasteiger partial charge is 0.329 e. The Bertz CT molecular complexity index is 370. The van der Waals surface area contributed by atoms with Crippen molar-refractivity contribution in [2.45, 2.75) is 50.6 Å². The summed E-state index contributed by atoms with van der Waals surface area (Å²) in [5.74, 6) is -0.916. The molecule has 0 aromatic rings. The van der Waals surface area contributed by atoms with Gasteiger partial charge in [-0.25, -0.2) is 9.59 Å². The van der Waals surface area contributed by atoms with E-state index >= 15 is 0 Å². The normalized spacial score (nSPS) is 26.5. The number of carbonyl (C=O) groups is 2. The van der Waals surface area contributed by atoms with E-state index in [2.05, 4.69) is 0 Å². The molecule has 0 aromatic carbocycles. The molecule has 1 aliphatic carbocycles. The van der Waals surface area contributed by atoms with Crippen LogP contribution in [0.4, 0.5) is 4.79 Å². The molecule has 19 heavy (non-hydrogen) atoms. The van der Waals surface area contributed by atoms with E-state index in [1.54, 1.807) is 4.90 Å². The van der Waals surface area contributed by atoms with Crippen molar-refractivity contribution < 1.29 is 19.8 Å². The van der Waals surface area contributed by atoms with Crippen LogP contribution < -0.4 is 0 Å². The van der Waals surface area contributed by atoms with Gasteiger partial charge < -0.3 is 20.0 Å². The maximum absolute atomic E-state index is 12.6. The Kier molecular flexibility index (Phi) is 3.99. The Hall–Kier alpha value is -1.30. The van der Waals surface area contributed by atoms with Gasteiger partial charge in [0.15, 0.2) is 0 Å². The van der Waals surface area contributed by atoms with Crippen molar-refractivity contribution in [3.63, 3.8) is 0 Å². The van der Waals surface area contributed by atoms with Gasteiger partial charge in [0.25, 0.3) is 0 Å². The molecule has 0 radical (unpaired) electrons. The van der Waals surface area contributed by atoms with E-state index in [9.17, 15) is 14.7 Å². The van der Waals surface area contributed by atoms with Gasteiger partial charge >= 0.3 is 12.0 Å². The van der Waals surface area contributed by atoms with Gasteiger partial charge in [-0.3, -0.25) is 0 Å². The molecule has 2 fully saturated rings. The summed E-state index contributed by atoms with van der Waals surface area (Å²) in [4.78, 5) is 27.3. The molecule has 1 atom stereocenters. The highest BCUT2D eigenvalue weighted by Crippen LogP contribution is 2.36. The van der Waals surface area contributed by atoms with Gasteiger partial charge in [0, 0.05) is 19.1 Å². The van der Waals surface area contributed by atoms with Crippen LogP contribution in [0.5, 0.6) is 0 Å². The summed E-state index contributed by atoms with van der Waals surface area (Å²) < 4.78 is 0. The monoisotopic (exact) mass is 270 g/mol. The molecule has 1 aliphatic heterocycles. The van der Waals surface area contributed by atoms with Crippen molar-refractivity contribution in [3.8, 4) is 0 Å². The summed E-state index contributed by atoms with van der Waals surface area (Å²) in [5.41, 5.74) is -1.06. The van der Waals surface area contributed by atoms with Crippen LogP contribution in [-0.2, 0) is 4.79 Å². The number of likely N-dealkylation sites (tertiary alicyclic amines) is 1. The van der Waals surface area contributed by atoms with Crippen LogP contribution >= 0.6 is 0 Å². The maximum Gasteiger partial charge on any atom is 0.329 e. The lowest BCUT2D eigenvalue weighted by Gasteiger charge is -2.37. The molecule has 0 spiro atoms.